The fourth-order valence-corrected chi connectivity index (χ4v) is 7.74. The van der Waals surface area contributed by atoms with E-state index < -0.39 is 0 Å². The van der Waals surface area contributed by atoms with Crippen molar-refractivity contribution >= 4 is 65.0 Å². The molecule has 1 heteroatoms. The van der Waals surface area contributed by atoms with E-state index in [1.54, 1.807) is 0 Å². The van der Waals surface area contributed by atoms with Gasteiger partial charge < -0.3 is 4.42 Å². The summed E-state index contributed by atoms with van der Waals surface area (Å²) in [4.78, 5) is 0. The highest BCUT2D eigenvalue weighted by Crippen LogP contribution is 2.48. The summed E-state index contributed by atoms with van der Waals surface area (Å²) in [6.45, 7) is 0. The van der Waals surface area contributed by atoms with Crippen LogP contribution in [-0.4, -0.2) is 0 Å². The number of furan rings is 1. The molecule has 0 fully saturated rings. The molecule has 0 aliphatic rings. The van der Waals surface area contributed by atoms with Crippen LogP contribution >= 0.6 is 0 Å². The number of fused-ring (bicyclic) bond motifs is 7. The normalized spacial score (nSPS) is 11.8. The van der Waals surface area contributed by atoms with Crippen molar-refractivity contribution in [2.24, 2.45) is 0 Å². The standard InChI is InChI=1S/C46H28O/c1-2-13-30(14-3-1)44-34-17-7-6-12-29(34)22-24-39(44)46-37-20-10-8-18-35(37)45(36-19-9-11-21-38(36)46)33-23-25-42-40(27-33)41-26-31-15-4-5-16-32(31)28-43(41)47-42/h1-28H. The Kier molecular flexibility index (Phi) is 5.64. The number of benzene rings is 9. The molecule has 0 amide bonds. The van der Waals surface area contributed by atoms with Crippen LogP contribution in [-0.2, 0) is 0 Å². The molecule has 1 nitrogen and oxygen atoms in total. The largest absolute Gasteiger partial charge is 0.456 e. The van der Waals surface area contributed by atoms with Crippen LogP contribution < -0.4 is 0 Å². The molecule has 0 bridgehead atoms. The van der Waals surface area contributed by atoms with Gasteiger partial charge in [-0.1, -0.05) is 146 Å². The molecule has 47 heavy (non-hydrogen) atoms. The molecule has 1 heterocycles. The van der Waals surface area contributed by atoms with E-state index >= 15 is 0 Å². The summed E-state index contributed by atoms with van der Waals surface area (Å²) in [5.41, 5.74) is 9.28. The van der Waals surface area contributed by atoms with E-state index in [0.29, 0.717) is 0 Å². The molecular formula is C46H28O. The highest BCUT2D eigenvalue weighted by atomic mass is 16.3. The van der Waals surface area contributed by atoms with Gasteiger partial charge in [0.1, 0.15) is 11.2 Å². The van der Waals surface area contributed by atoms with Crippen LogP contribution in [0.2, 0.25) is 0 Å². The summed E-state index contributed by atoms with van der Waals surface area (Å²) in [6, 6.07) is 61.6. The highest BCUT2D eigenvalue weighted by molar-refractivity contribution is 6.24. The third-order valence-electron chi connectivity index (χ3n) is 9.82. The predicted octanol–water partition coefficient (Wildman–Crippen LogP) is 13.2. The van der Waals surface area contributed by atoms with Crippen molar-refractivity contribution in [1.82, 2.24) is 0 Å². The zero-order valence-electron chi connectivity index (χ0n) is 25.6. The summed E-state index contributed by atoms with van der Waals surface area (Å²) in [5.74, 6) is 0. The molecule has 0 radical (unpaired) electrons. The van der Waals surface area contributed by atoms with Crippen molar-refractivity contribution in [1.29, 1.82) is 0 Å². The van der Waals surface area contributed by atoms with Gasteiger partial charge >= 0.3 is 0 Å². The van der Waals surface area contributed by atoms with E-state index in [0.717, 1.165) is 21.9 Å². The Morgan fingerprint density at radius 3 is 1.53 bits per heavy atom. The van der Waals surface area contributed by atoms with Crippen LogP contribution in [0.4, 0.5) is 0 Å². The monoisotopic (exact) mass is 596 g/mol. The molecule has 9 aromatic carbocycles. The number of hydrogen-bond acceptors (Lipinski definition) is 1. The molecule has 0 aliphatic heterocycles. The van der Waals surface area contributed by atoms with Gasteiger partial charge in [0.15, 0.2) is 0 Å². The zero-order valence-corrected chi connectivity index (χ0v) is 25.6. The molecule has 0 atom stereocenters. The quantitative estimate of drug-likeness (QED) is 0.185. The molecule has 0 saturated heterocycles. The minimum atomic E-state index is 0.910. The summed E-state index contributed by atoms with van der Waals surface area (Å²) < 4.78 is 6.39. The van der Waals surface area contributed by atoms with Gasteiger partial charge in [0.05, 0.1) is 0 Å². The Labute approximate surface area is 271 Å². The first-order valence-electron chi connectivity index (χ1n) is 16.2. The van der Waals surface area contributed by atoms with Gasteiger partial charge in [-0.2, -0.15) is 0 Å². The second kappa shape index (κ2) is 10.2. The Balaban J connectivity index is 1.30. The minimum absolute atomic E-state index is 0.910. The second-order valence-electron chi connectivity index (χ2n) is 12.4. The lowest BCUT2D eigenvalue weighted by molar-refractivity contribution is 0.669. The SMILES string of the molecule is c1ccc(-c2c(-c3c4ccccc4c(-c4ccc5oc6cc7ccccc7cc6c5c4)c4ccccc34)ccc3ccccc23)cc1. The Morgan fingerprint density at radius 2 is 0.830 bits per heavy atom. The Hall–Kier alpha value is -6.18. The summed E-state index contributed by atoms with van der Waals surface area (Å²) in [7, 11) is 0. The third kappa shape index (κ3) is 3.97. The average Bonchev–Trinajstić information content (AvgIpc) is 3.49. The van der Waals surface area contributed by atoms with E-state index in [9.17, 15) is 0 Å². The van der Waals surface area contributed by atoms with Gasteiger partial charge in [-0.15, -0.1) is 0 Å². The van der Waals surface area contributed by atoms with Gasteiger partial charge in [-0.25, -0.2) is 0 Å². The van der Waals surface area contributed by atoms with Gasteiger partial charge in [0.25, 0.3) is 0 Å². The van der Waals surface area contributed by atoms with Crippen molar-refractivity contribution in [2.75, 3.05) is 0 Å². The van der Waals surface area contributed by atoms with Gasteiger partial charge in [0.2, 0.25) is 0 Å². The molecule has 10 rings (SSSR count). The lowest BCUT2D eigenvalue weighted by Crippen LogP contribution is -1.93. The molecule has 0 spiro atoms. The maximum atomic E-state index is 6.39. The van der Waals surface area contributed by atoms with E-state index in [-0.39, 0.29) is 0 Å². The lowest BCUT2D eigenvalue weighted by Gasteiger charge is -2.21. The van der Waals surface area contributed by atoms with Gasteiger partial charge in [-0.05, 0) is 101 Å². The molecule has 218 valence electrons. The van der Waals surface area contributed by atoms with E-state index in [4.69, 9.17) is 4.42 Å². The maximum absolute atomic E-state index is 6.39. The summed E-state index contributed by atoms with van der Waals surface area (Å²) >= 11 is 0. The molecule has 0 saturated carbocycles. The minimum Gasteiger partial charge on any atom is -0.456 e. The first kappa shape index (κ1) is 26.1. The predicted molar refractivity (Wildman–Crippen MR) is 200 cm³/mol. The van der Waals surface area contributed by atoms with E-state index in [1.807, 2.05) is 0 Å². The van der Waals surface area contributed by atoms with Crippen LogP contribution in [0, 0.1) is 0 Å². The van der Waals surface area contributed by atoms with Crippen LogP contribution in [0.1, 0.15) is 0 Å². The van der Waals surface area contributed by atoms with Crippen LogP contribution in [0.3, 0.4) is 0 Å². The van der Waals surface area contributed by atoms with Gasteiger partial charge in [-0.3, -0.25) is 0 Å². The first-order valence-corrected chi connectivity index (χ1v) is 16.2. The molecular weight excluding hydrogens is 569 g/mol. The van der Waals surface area contributed by atoms with Gasteiger partial charge in [0, 0.05) is 10.8 Å². The summed E-state index contributed by atoms with van der Waals surface area (Å²) in [5, 5.41) is 12.2. The average molecular weight is 597 g/mol. The fraction of sp³-hybridized carbons (Fsp3) is 0. The van der Waals surface area contributed by atoms with Crippen molar-refractivity contribution < 1.29 is 4.42 Å². The topological polar surface area (TPSA) is 13.1 Å². The molecule has 0 N–H and O–H groups in total. The molecule has 10 aromatic rings. The molecule has 1 aromatic heterocycles. The Bertz CT molecular complexity index is 2780. The lowest BCUT2D eigenvalue weighted by atomic mass is 9.82. The zero-order chi connectivity index (χ0) is 30.9. The number of hydrogen-bond donors (Lipinski definition) is 0. The van der Waals surface area contributed by atoms with Crippen molar-refractivity contribution in [3.63, 3.8) is 0 Å². The molecule has 0 unspecified atom stereocenters. The third-order valence-corrected chi connectivity index (χ3v) is 9.82. The Morgan fingerprint density at radius 1 is 0.277 bits per heavy atom. The number of rotatable bonds is 3. The maximum Gasteiger partial charge on any atom is 0.136 e. The van der Waals surface area contributed by atoms with E-state index in [2.05, 4.69) is 170 Å². The molecule has 0 aliphatic carbocycles. The van der Waals surface area contributed by atoms with Crippen LogP contribution in [0.15, 0.2) is 174 Å². The van der Waals surface area contributed by atoms with E-state index in [1.165, 1.54) is 76.5 Å². The van der Waals surface area contributed by atoms with Crippen molar-refractivity contribution in [3.8, 4) is 33.4 Å². The van der Waals surface area contributed by atoms with Crippen molar-refractivity contribution in [2.45, 2.75) is 0 Å². The fourth-order valence-electron chi connectivity index (χ4n) is 7.74. The van der Waals surface area contributed by atoms with Crippen LogP contribution in [0.25, 0.3) is 98.4 Å². The van der Waals surface area contributed by atoms with Crippen LogP contribution in [0.5, 0.6) is 0 Å². The first-order chi connectivity index (χ1) is 23.3. The highest BCUT2D eigenvalue weighted by Gasteiger charge is 2.21. The smallest absolute Gasteiger partial charge is 0.136 e. The second-order valence-corrected chi connectivity index (χ2v) is 12.4. The summed E-state index contributed by atoms with van der Waals surface area (Å²) in [6.07, 6.45) is 0. The van der Waals surface area contributed by atoms with Crippen molar-refractivity contribution in [3.05, 3.63) is 170 Å².